The van der Waals surface area contributed by atoms with E-state index in [4.69, 9.17) is 0 Å². The third-order valence-corrected chi connectivity index (χ3v) is 6.00. The largest absolute Gasteiger partial charge is 0.346 e. The predicted molar refractivity (Wildman–Crippen MR) is 106 cm³/mol. The molecule has 0 spiro atoms. The second kappa shape index (κ2) is 8.51. The van der Waals surface area contributed by atoms with Gasteiger partial charge in [0.05, 0.1) is 12.5 Å². The van der Waals surface area contributed by atoms with Crippen LogP contribution < -0.4 is 5.32 Å². The first kappa shape index (κ1) is 18.7. The number of aromatic nitrogens is 3. The maximum atomic E-state index is 12.2. The van der Waals surface area contributed by atoms with E-state index in [1.165, 1.54) is 11.1 Å². The topological polar surface area (TPSA) is 59.8 Å². The number of carbonyl (C=O) groups excluding carboxylic acids is 1. The molecule has 1 aromatic carbocycles. The molecule has 1 atom stereocenters. The number of hydrogen-bond acceptors (Lipinski definition) is 5. The lowest BCUT2D eigenvalue weighted by atomic mass is 10.1. The Morgan fingerprint density at radius 2 is 2.12 bits per heavy atom. The summed E-state index contributed by atoms with van der Waals surface area (Å²) in [5, 5.41) is 16.4. The molecule has 7 heteroatoms. The van der Waals surface area contributed by atoms with Gasteiger partial charge in [0.2, 0.25) is 5.91 Å². The van der Waals surface area contributed by atoms with E-state index >= 15 is 0 Å². The van der Waals surface area contributed by atoms with Crippen molar-refractivity contribution < 1.29 is 4.79 Å². The molecule has 0 aliphatic heterocycles. The standard InChI is InChI=1S/C19H22N4OS2/c1-13-6-4-5-7-16(13)12-26-19-22-21-18(23(19)3)14(2)20-17(24)10-15-8-9-25-11-15/h4-9,11,14H,10,12H2,1-3H3,(H,20,24)/t14-/m1/s1. The average molecular weight is 387 g/mol. The number of thiophene rings is 1. The number of benzene rings is 1. The van der Waals surface area contributed by atoms with Crippen LogP contribution in [0.4, 0.5) is 0 Å². The second-order valence-electron chi connectivity index (χ2n) is 6.21. The predicted octanol–water partition coefficient (Wildman–Crippen LogP) is 3.90. The summed E-state index contributed by atoms with van der Waals surface area (Å²) in [5.41, 5.74) is 3.60. The van der Waals surface area contributed by atoms with Crippen molar-refractivity contribution >= 4 is 29.0 Å². The summed E-state index contributed by atoms with van der Waals surface area (Å²) < 4.78 is 1.96. The summed E-state index contributed by atoms with van der Waals surface area (Å²) in [6, 6.07) is 10.1. The highest BCUT2D eigenvalue weighted by Crippen LogP contribution is 2.24. The molecule has 136 valence electrons. The van der Waals surface area contributed by atoms with Crippen molar-refractivity contribution in [2.45, 2.75) is 37.2 Å². The summed E-state index contributed by atoms with van der Waals surface area (Å²) in [5.74, 6) is 1.60. The number of thioether (sulfide) groups is 1. The first-order valence-electron chi connectivity index (χ1n) is 8.41. The van der Waals surface area contributed by atoms with Crippen LogP contribution >= 0.6 is 23.1 Å². The van der Waals surface area contributed by atoms with Gasteiger partial charge in [-0.2, -0.15) is 11.3 Å². The summed E-state index contributed by atoms with van der Waals surface area (Å²) in [4.78, 5) is 12.2. The minimum Gasteiger partial charge on any atom is -0.346 e. The van der Waals surface area contributed by atoms with Gasteiger partial charge in [0, 0.05) is 12.8 Å². The van der Waals surface area contributed by atoms with Crippen LogP contribution in [0.3, 0.4) is 0 Å². The molecular formula is C19H22N4OS2. The van der Waals surface area contributed by atoms with Gasteiger partial charge >= 0.3 is 0 Å². The molecule has 1 amide bonds. The van der Waals surface area contributed by atoms with Crippen molar-refractivity contribution in [2.75, 3.05) is 0 Å². The molecule has 0 saturated heterocycles. The van der Waals surface area contributed by atoms with E-state index in [0.717, 1.165) is 22.3 Å². The van der Waals surface area contributed by atoms with Crippen LogP contribution in [0.1, 0.15) is 35.5 Å². The SMILES string of the molecule is Cc1ccccc1CSc1nnc([C@@H](C)NC(=O)Cc2ccsc2)n1C. The maximum Gasteiger partial charge on any atom is 0.225 e. The Hall–Kier alpha value is -2.12. The smallest absolute Gasteiger partial charge is 0.225 e. The number of carbonyl (C=O) groups is 1. The molecule has 0 unspecified atom stereocenters. The molecule has 0 aliphatic rings. The van der Waals surface area contributed by atoms with Crippen molar-refractivity contribution in [3.63, 3.8) is 0 Å². The third kappa shape index (κ3) is 4.53. The number of aryl methyl sites for hydroxylation is 1. The Balaban J connectivity index is 1.60. The summed E-state index contributed by atoms with van der Waals surface area (Å²) in [6.07, 6.45) is 0.389. The van der Waals surface area contributed by atoms with Crippen LogP contribution in [0.15, 0.2) is 46.2 Å². The fourth-order valence-electron chi connectivity index (χ4n) is 2.68. The van der Waals surface area contributed by atoms with E-state index in [0.29, 0.717) is 6.42 Å². The molecule has 26 heavy (non-hydrogen) atoms. The van der Waals surface area contributed by atoms with Crippen LogP contribution in [-0.4, -0.2) is 20.7 Å². The molecule has 5 nitrogen and oxygen atoms in total. The van der Waals surface area contributed by atoms with Gasteiger partial charge in [-0.3, -0.25) is 4.79 Å². The zero-order valence-electron chi connectivity index (χ0n) is 15.1. The highest BCUT2D eigenvalue weighted by atomic mass is 32.2. The van der Waals surface area contributed by atoms with E-state index < -0.39 is 0 Å². The van der Waals surface area contributed by atoms with E-state index in [1.54, 1.807) is 23.1 Å². The molecule has 3 aromatic rings. The van der Waals surface area contributed by atoms with E-state index in [9.17, 15) is 4.79 Å². The van der Waals surface area contributed by atoms with Crippen molar-refractivity contribution in [3.8, 4) is 0 Å². The number of nitrogens with one attached hydrogen (secondary N) is 1. The minimum atomic E-state index is -0.188. The molecule has 2 aromatic heterocycles. The molecule has 0 aliphatic carbocycles. The summed E-state index contributed by atoms with van der Waals surface area (Å²) in [7, 11) is 1.94. The molecule has 3 rings (SSSR count). The average Bonchev–Trinajstić information content (AvgIpc) is 3.24. The van der Waals surface area contributed by atoms with E-state index in [2.05, 4.69) is 40.6 Å². The Morgan fingerprint density at radius 1 is 1.31 bits per heavy atom. The normalized spacial score (nSPS) is 12.1. The van der Waals surface area contributed by atoms with Crippen LogP contribution in [0, 0.1) is 6.92 Å². The van der Waals surface area contributed by atoms with Gasteiger partial charge in [-0.05, 0) is 47.4 Å². The highest BCUT2D eigenvalue weighted by molar-refractivity contribution is 7.98. The minimum absolute atomic E-state index is 0.00647. The van der Waals surface area contributed by atoms with Crippen LogP contribution in [0.2, 0.25) is 0 Å². The maximum absolute atomic E-state index is 12.2. The Kier molecular flexibility index (Phi) is 6.11. The lowest BCUT2D eigenvalue weighted by Gasteiger charge is -2.13. The van der Waals surface area contributed by atoms with Crippen molar-refractivity contribution in [3.05, 3.63) is 63.6 Å². The van der Waals surface area contributed by atoms with Crippen molar-refractivity contribution in [1.82, 2.24) is 20.1 Å². The lowest BCUT2D eigenvalue weighted by molar-refractivity contribution is -0.121. The quantitative estimate of drug-likeness (QED) is 0.626. The lowest BCUT2D eigenvalue weighted by Crippen LogP contribution is -2.29. The summed E-state index contributed by atoms with van der Waals surface area (Å²) in [6.45, 7) is 4.05. The number of rotatable bonds is 7. The van der Waals surface area contributed by atoms with Gasteiger partial charge in [-0.25, -0.2) is 0 Å². The fraction of sp³-hybridized carbons (Fsp3) is 0.316. The second-order valence-corrected chi connectivity index (χ2v) is 7.94. The monoisotopic (exact) mass is 386 g/mol. The van der Waals surface area contributed by atoms with Gasteiger partial charge < -0.3 is 9.88 Å². The summed E-state index contributed by atoms with van der Waals surface area (Å²) >= 11 is 3.25. The molecule has 2 heterocycles. The zero-order valence-corrected chi connectivity index (χ0v) is 16.7. The number of nitrogens with zero attached hydrogens (tertiary/aromatic N) is 3. The molecular weight excluding hydrogens is 364 g/mol. The van der Waals surface area contributed by atoms with Gasteiger partial charge in [0.25, 0.3) is 0 Å². The molecule has 0 fully saturated rings. The first-order valence-corrected chi connectivity index (χ1v) is 10.3. The molecule has 1 N–H and O–H groups in total. The third-order valence-electron chi connectivity index (χ3n) is 4.20. The fourth-order valence-corrected chi connectivity index (χ4v) is 4.34. The van der Waals surface area contributed by atoms with Crippen molar-refractivity contribution in [2.24, 2.45) is 7.05 Å². The number of amides is 1. The van der Waals surface area contributed by atoms with Crippen LogP contribution in [0.5, 0.6) is 0 Å². The molecule has 0 radical (unpaired) electrons. The van der Waals surface area contributed by atoms with Gasteiger partial charge in [0.15, 0.2) is 11.0 Å². The zero-order chi connectivity index (χ0) is 18.5. The van der Waals surface area contributed by atoms with Gasteiger partial charge in [0.1, 0.15) is 0 Å². The first-order chi connectivity index (χ1) is 12.5. The van der Waals surface area contributed by atoms with Crippen LogP contribution in [0.25, 0.3) is 0 Å². The van der Waals surface area contributed by atoms with E-state index in [1.807, 2.05) is 41.4 Å². The van der Waals surface area contributed by atoms with E-state index in [-0.39, 0.29) is 11.9 Å². The Bertz CT molecular complexity index is 874. The van der Waals surface area contributed by atoms with Gasteiger partial charge in [-0.15, -0.1) is 10.2 Å². The molecule has 0 bridgehead atoms. The van der Waals surface area contributed by atoms with Crippen LogP contribution in [-0.2, 0) is 24.0 Å². The Morgan fingerprint density at radius 3 is 2.85 bits per heavy atom. The van der Waals surface area contributed by atoms with Gasteiger partial charge in [-0.1, -0.05) is 36.0 Å². The molecule has 0 saturated carbocycles. The number of hydrogen-bond donors (Lipinski definition) is 1. The van der Waals surface area contributed by atoms with Crippen molar-refractivity contribution in [1.29, 1.82) is 0 Å². The Labute approximate surface area is 161 Å². The highest BCUT2D eigenvalue weighted by Gasteiger charge is 2.18.